The van der Waals surface area contributed by atoms with Gasteiger partial charge in [0.15, 0.2) is 11.6 Å². The van der Waals surface area contributed by atoms with Crippen LogP contribution < -0.4 is 5.32 Å². The van der Waals surface area contributed by atoms with Crippen LogP contribution >= 0.6 is 11.6 Å². The van der Waals surface area contributed by atoms with E-state index in [9.17, 15) is 0 Å². The average molecular weight is 371 g/mol. The van der Waals surface area contributed by atoms with Gasteiger partial charge in [-0.2, -0.15) is 0 Å². The van der Waals surface area contributed by atoms with E-state index in [0.29, 0.717) is 6.54 Å². The number of pyridine rings is 1. The lowest BCUT2D eigenvalue weighted by molar-refractivity contribution is 0.477. The first kappa shape index (κ1) is 18.2. The highest BCUT2D eigenvalue weighted by atomic mass is 35.5. The molecule has 0 bridgehead atoms. The van der Waals surface area contributed by atoms with Crippen LogP contribution in [-0.2, 0) is 13.0 Å². The molecule has 0 saturated heterocycles. The first-order valence-electron chi connectivity index (χ1n) is 8.70. The standard InChI is InChI=1S/C19H23ClN6/c1-3-21-19(25(2)14-15-7-9-16(20)10-8-15)22-12-11-18-24-23-17-6-4-5-13-26(17)18/h4-10,13H,3,11-12,14H2,1-2H3,(H,21,22). The zero-order valence-corrected chi connectivity index (χ0v) is 15.8. The summed E-state index contributed by atoms with van der Waals surface area (Å²) >= 11 is 5.96. The number of nitrogens with one attached hydrogen (secondary N) is 1. The van der Waals surface area contributed by atoms with Gasteiger partial charge in [0, 0.05) is 44.3 Å². The number of hydrogen-bond acceptors (Lipinski definition) is 3. The largest absolute Gasteiger partial charge is 0.357 e. The van der Waals surface area contributed by atoms with Gasteiger partial charge in [-0.05, 0) is 36.8 Å². The van der Waals surface area contributed by atoms with Crippen molar-refractivity contribution < 1.29 is 0 Å². The smallest absolute Gasteiger partial charge is 0.193 e. The molecule has 1 aromatic carbocycles. The Morgan fingerprint density at radius 1 is 1.19 bits per heavy atom. The Balaban J connectivity index is 1.65. The number of benzene rings is 1. The van der Waals surface area contributed by atoms with E-state index in [4.69, 9.17) is 16.6 Å². The molecule has 136 valence electrons. The lowest BCUT2D eigenvalue weighted by Gasteiger charge is -2.22. The van der Waals surface area contributed by atoms with Crippen LogP contribution in [0.15, 0.2) is 53.7 Å². The molecule has 1 N–H and O–H groups in total. The fourth-order valence-corrected chi connectivity index (χ4v) is 2.86. The number of hydrogen-bond donors (Lipinski definition) is 1. The van der Waals surface area contributed by atoms with Crippen LogP contribution in [0.3, 0.4) is 0 Å². The summed E-state index contributed by atoms with van der Waals surface area (Å²) in [5.74, 6) is 1.79. The summed E-state index contributed by atoms with van der Waals surface area (Å²) < 4.78 is 2.00. The highest BCUT2D eigenvalue weighted by Crippen LogP contribution is 2.11. The second kappa shape index (κ2) is 8.67. The van der Waals surface area contributed by atoms with Gasteiger partial charge in [-0.25, -0.2) is 0 Å². The molecule has 2 aromatic heterocycles. The predicted octanol–water partition coefficient (Wildman–Crippen LogP) is 3.02. The monoisotopic (exact) mass is 370 g/mol. The maximum Gasteiger partial charge on any atom is 0.193 e. The van der Waals surface area contributed by atoms with Gasteiger partial charge in [0.25, 0.3) is 0 Å². The van der Waals surface area contributed by atoms with Gasteiger partial charge in [-0.15, -0.1) is 10.2 Å². The predicted molar refractivity (Wildman–Crippen MR) is 106 cm³/mol. The molecule has 0 fully saturated rings. The lowest BCUT2D eigenvalue weighted by Crippen LogP contribution is -2.38. The van der Waals surface area contributed by atoms with E-state index >= 15 is 0 Å². The van der Waals surface area contributed by atoms with Crippen molar-refractivity contribution in [3.05, 3.63) is 65.1 Å². The maximum absolute atomic E-state index is 5.96. The second-order valence-electron chi connectivity index (χ2n) is 6.01. The Labute approximate surface area is 158 Å². The summed E-state index contributed by atoms with van der Waals surface area (Å²) in [4.78, 5) is 6.84. The molecule has 0 spiro atoms. The highest BCUT2D eigenvalue weighted by molar-refractivity contribution is 6.30. The molecular weight excluding hydrogens is 348 g/mol. The van der Waals surface area contributed by atoms with Crippen LogP contribution in [0.25, 0.3) is 5.65 Å². The molecule has 0 unspecified atom stereocenters. The zero-order chi connectivity index (χ0) is 18.4. The van der Waals surface area contributed by atoms with E-state index in [-0.39, 0.29) is 0 Å². The first-order chi connectivity index (χ1) is 12.7. The highest BCUT2D eigenvalue weighted by Gasteiger charge is 2.08. The van der Waals surface area contributed by atoms with Gasteiger partial charge in [0.1, 0.15) is 5.82 Å². The number of aromatic nitrogens is 3. The molecule has 3 aromatic rings. The maximum atomic E-state index is 5.96. The van der Waals surface area contributed by atoms with Crippen LogP contribution in [0.2, 0.25) is 5.02 Å². The molecule has 2 heterocycles. The minimum absolute atomic E-state index is 0.642. The van der Waals surface area contributed by atoms with Crippen LogP contribution in [0, 0.1) is 0 Å². The topological polar surface area (TPSA) is 57.8 Å². The quantitative estimate of drug-likeness (QED) is 0.535. The molecule has 0 aliphatic carbocycles. The van der Waals surface area contributed by atoms with Crippen molar-refractivity contribution >= 4 is 23.2 Å². The molecule has 0 amide bonds. The normalized spacial score (nSPS) is 11.7. The third-order valence-electron chi connectivity index (χ3n) is 4.01. The number of rotatable bonds is 6. The molecule has 3 rings (SSSR count). The summed E-state index contributed by atoms with van der Waals surface area (Å²) in [5.41, 5.74) is 2.05. The van der Waals surface area contributed by atoms with Crippen molar-refractivity contribution in [3.63, 3.8) is 0 Å². The Kier molecular flexibility index (Phi) is 6.07. The molecule has 0 atom stereocenters. The van der Waals surface area contributed by atoms with Crippen molar-refractivity contribution in [1.82, 2.24) is 24.8 Å². The zero-order valence-electron chi connectivity index (χ0n) is 15.1. The van der Waals surface area contributed by atoms with Crippen LogP contribution in [-0.4, -0.2) is 45.6 Å². The number of fused-ring (bicyclic) bond motifs is 1. The van der Waals surface area contributed by atoms with Crippen molar-refractivity contribution in [2.75, 3.05) is 20.1 Å². The Morgan fingerprint density at radius 2 is 2.00 bits per heavy atom. The summed E-state index contributed by atoms with van der Waals surface area (Å²) in [6, 6.07) is 13.8. The van der Waals surface area contributed by atoms with Crippen molar-refractivity contribution in [2.24, 2.45) is 4.99 Å². The van der Waals surface area contributed by atoms with Gasteiger partial charge in [0.05, 0.1) is 0 Å². The van der Waals surface area contributed by atoms with Gasteiger partial charge in [-0.1, -0.05) is 29.8 Å². The average Bonchev–Trinajstić information content (AvgIpc) is 3.06. The van der Waals surface area contributed by atoms with E-state index in [2.05, 4.69) is 27.3 Å². The van der Waals surface area contributed by atoms with E-state index in [1.54, 1.807) is 0 Å². The number of halogens is 1. The SMILES string of the molecule is CCNC(=NCCc1nnc2ccccn12)N(C)Cc1ccc(Cl)cc1. The molecule has 0 radical (unpaired) electrons. The third kappa shape index (κ3) is 4.52. The van der Waals surface area contributed by atoms with Gasteiger partial charge >= 0.3 is 0 Å². The molecule has 0 saturated carbocycles. The van der Waals surface area contributed by atoms with Crippen molar-refractivity contribution in [2.45, 2.75) is 19.9 Å². The van der Waals surface area contributed by atoms with E-state index in [0.717, 1.165) is 42.0 Å². The van der Waals surface area contributed by atoms with Crippen molar-refractivity contribution in [3.8, 4) is 0 Å². The lowest BCUT2D eigenvalue weighted by atomic mass is 10.2. The Hall–Kier alpha value is -2.60. The van der Waals surface area contributed by atoms with Gasteiger partial charge in [-0.3, -0.25) is 9.39 Å². The Morgan fingerprint density at radius 3 is 2.77 bits per heavy atom. The van der Waals surface area contributed by atoms with E-state index < -0.39 is 0 Å². The summed E-state index contributed by atoms with van der Waals surface area (Å²) in [5, 5.41) is 12.5. The van der Waals surface area contributed by atoms with E-state index in [1.165, 1.54) is 5.56 Å². The molecular formula is C19H23ClN6. The number of nitrogens with zero attached hydrogens (tertiary/aromatic N) is 5. The number of aliphatic imine (C=N–C) groups is 1. The third-order valence-corrected chi connectivity index (χ3v) is 4.26. The molecule has 6 nitrogen and oxygen atoms in total. The Bertz CT molecular complexity index is 871. The fourth-order valence-electron chi connectivity index (χ4n) is 2.73. The van der Waals surface area contributed by atoms with Gasteiger partial charge < -0.3 is 10.2 Å². The second-order valence-corrected chi connectivity index (χ2v) is 6.45. The van der Waals surface area contributed by atoms with Crippen molar-refractivity contribution in [1.29, 1.82) is 0 Å². The van der Waals surface area contributed by atoms with Crippen LogP contribution in [0.4, 0.5) is 0 Å². The van der Waals surface area contributed by atoms with Crippen LogP contribution in [0.1, 0.15) is 18.3 Å². The van der Waals surface area contributed by atoms with E-state index in [1.807, 2.05) is 60.1 Å². The summed E-state index contributed by atoms with van der Waals surface area (Å²) in [7, 11) is 2.03. The molecule has 0 aliphatic heterocycles. The fraction of sp³-hybridized carbons (Fsp3) is 0.316. The van der Waals surface area contributed by atoms with Crippen LogP contribution in [0.5, 0.6) is 0 Å². The van der Waals surface area contributed by atoms with Gasteiger partial charge in [0.2, 0.25) is 0 Å². The first-order valence-corrected chi connectivity index (χ1v) is 9.07. The molecule has 7 heteroatoms. The number of guanidine groups is 1. The minimum atomic E-state index is 0.642. The summed E-state index contributed by atoms with van der Waals surface area (Å²) in [6.07, 6.45) is 2.71. The summed E-state index contributed by atoms with van der Waals surface area (Å²) in [6.45, 7) is 4.29. The minimum Gasteiger partial charge on any atom is -0.357 e. The molecule has 0 aliphatic rings. The molecule has 26 heavy (non-hydrogen) atoms.